The molecule has 5 heteroatoms. The molecule has 1 aromatic carbocycles. The third-order valence-corrected chi connectivity index (χ3v) is 4.58. The van der Waals surface area contributed by atoms with Gasteiger partial charge in [-0.1, -0.05) is 6.07 Å². The lowest BCUT2D eigenvalue weighted by molar-refractivity contribution is 0.0733. The first-order chi connectivity index (χ1) is 9.66. The Labute approximate surface area is 120 Å². The number of likely N-dealkylation sites (tertiary alicyclic amines) is 1. The average Bonchev–Trinajstić information content (AvgIpc) is 3.10. The maximum absolute atomic E-state index is 13.8. The SMILES string of the molecule is Nc1ccc(F)c(C(=O)N2CCCC2c2cccs2)c1. The molecule has 1 amide bonds. The monoisotopic (exact) mass is 290 g/mol. The first-order valence-corrected chi connectivity index (χ1v) is 7.44. The summed E-state index contributed by atoms with van der Waals surface area (Å²) in [6.45, 7) is 0.662. The fourth-order valence-electron chi connectivity index (χ4n) is 2.65. The first-order valence-electron chi connectivity index (χ1n) is 6.56. The molecule has 0 bridgehead atoms. The number of rotatable bonds is 2. The highest BCUT2D eigenvalue weighted by Gasteiger charge is 2.32. The molecular weight excluding hydrogens is 275 g/mol. The second-order valence-electron chi connectivity index (χ2n) is 4.91. The zero-order chi connectivity index (χ0) is 14.1. The molecule has 1 aliphatic rings. The summed E-state index contributed by atoms with van der Waals surface area (Å²) < 4.78 is 13.8. The van der Waals surface area contributed by atoms with Crippen LogP contribution in [-0.4, -0.2) is 17.4 Å². The molecule has 0 radical (unpaired) electrons. The Bertz CT molecular complexity index is 627. The van der Waals surface area contributed by atoms with E-state index >= 15 is 0 Å². The van der Waals surface area contributed by atoms with Crippen LogP contribution in [0.2, 0.25) is 0 Å². The van der Waals surface area contributed by atoms with Crippen LogP contribution < -0.4 is 5.73 Å². The number of carbonyl (C=O) groups excluding carboxylic acids is 1. The van der Waals surface area contributed by atoms with Gasteiger partial charge in [-0.15, -0.1) is 11.3 Å². The summed E-state index contributed by atoms with van der Waals surface area (Å²) >= 11 is 1.63. The molecule has 1 atom stereocenters. The third kappa shape index (κ3) is 2.29. The molecule has 1 saturated heterocycles. The van der Waals surface area contributed by atoms with Gasteiger partial charge in [-0.25, -0.2) is 4.39 Å². The molecule has 0 spiro atoms. The molecule has 2 heterocycles. The van der Waals surface area contributed by atoms with Crippen LogP contribution in [0.4, 0.5) is 10.1 Å². The fourth-order valence-corrected chi connectivity index (χ4v) is 3.52. The predicted molar refractivity (Wildman–Crippen MR) is 78.1 cm³/mol. The van der Waals surface area contributed by atoms with E-state index in [-0.39, 0.29) is 17.5 Å². The van der Waals surface area contributed by atoms with Crippen LogP contribution in [0.3, 0.4) is 0 Å². The summed E-state index contributed by atoms with van der Waals surface area (Å²) in [5.41, 5.74) is 6.13. The number of amides is 1. The Morgan fingerprint density at radius 3 is 3.00 bits per heavy atom. The minimum Gasteiger partial charge on any atom is -0.399 e. The summed E-state index contributed by atoms with van der Waals surface area (Å²) in [6.07, 6.45) is 1.87. The van der Waals surface area contributed by atoms with Gasteiger partial charge in [0, 0.05) is 17.1 Å². The summed E-state index contributed by atoms with van der Waals surface area (Å²) in [7, 11) is 0. The van der Waals surface area contributed by atoms with E-state index in [4.69, 9.17) is 5.73 Å². The van der Waals surface area contributed by atoms with Gasteiger partial charge in [-0.3, -0.25) is 4.79 Å². The smallest absolute Gasteiger partial charge is 0.257 e. The summed E-state index contributed by atoms with van der Waals surface area (Å²) in [6, 6.07) is 8.19. The van der Waals surface area contributed by atoms with Crippen LogP contribution in [0.5, 0.6) is 0 Å². The van der Waals surface area contributed by atoms with Gasteiger partial charge >= 0.3 is 0 Å². The van der Waals surface area contributed by atoms with Crippen molar-refractivity contribution in [2.45, 2.75) is 18.9 Å². The molecule has 0 aliphatic carbocycles. The van der Waals surface area contributed by atoms with Crippen LogP contribution in [0, 0.1) is 5.82 Å². The number of carbonyl (C=O) groups is 1. The second kappa shape index (κ2) is 5.25. The van der Waals surface area contributed by atoms with Gasteiger partial charge in [-0.05, 0) is 42.5 Å². The van der Waals surface area contributed by atoms with Crippen LogP contribution in [0.25, 0.3) is 0 Å². The fraction of sp³-hybridized carbons (Fsp3) is 0.267. The van der Waals surface area contributed by atoms with Crippen LogP contribution in [0.1, 0.15) is 34.1 Å². The van der Waals surface area contributed by atoms with E-state index in [1.807, 2.05) is 17.5 Å². The molecule has 2 aromatic rings. The number of halogens is 1. The molecule has 1 aliphatic heterocycles. The molecule has 3 rings (SSSR count). The van der Waals surface area contributed by atoms with Crippen molar-refractivity contribution < 1.29 is 9.18 Å². The number of thiophene rings is 1. The highest BCUT2D eigenvalue weighted by molar-refractivity contribution is 7.10. The Kier molecular flexibility index (Phi) is 3.44. The maximum atomic E-state index is 13.8. The molecule has 1 fully saturated rings. The summed E-state index contributed by atoms with van der Waals surface area (Å²) in [5.74, 6) is -0.785. The minimum absolute atomic E-state index is 0.0586. The van der Waals surface area contributed by atoms with E-state index < -0.39 is 5.82 Å². The number of nitrogens with two attached hydrogens (primary N) is 1. The molecule has 0 saturated carbocycles. The predicted octanol–water partition coefficient (Wildman–Crippen LogP) is 3.45. The number of hydrogen-bond acceptors (Lipinski definition) is 3. The van der Waals surface area contributed by atoms with E-state index in [0.29, 0.717) is 12.2 Å². The van der Waals surface area contributed by atoms with Gasteiger partial charge in [-0.2, -0.15) is 0 Å². The van der Waals surface area contributed by atoms with E-state index in [0.717, 1.165) is 17.7 Å². The van der Waals surface area contributed by atoms with Crippen molar-refractivity contribution in [3.05, 3.63) is 52.0 Å². The average molecular weight is 290 g/mol. The zero-order valence-corrected chi connectivity index (χ0v) is 11.7. The van der Waals surface area contributed by atoms with Gasteiger partial charge in [0.2, 0.25) is 0 Å². The zero-order valence-electron chi connectivity index (χ0n) is 10.9. The second-order valence-corrected chi connectivity index (χ2v) is 5.89. The number of nitrogens with zero attached hydrogens (tertiary/aromatic N) is 1. The summed E-state index contributed by atoms with van der Waals surface area (Å²) in [5, 5.41) is 2.00. The molecule has 1 aromatic heterocycles. The Balaban J connectivity index is 1.91. The van der Waals surface area contributed by atoms with Gasteiger partial charge in [0.25, 0.3) is 5.91 Å². The van der Waals surface area contributed by atoms with Crippen molar-refractivity contribution in [3.8, 4) is 0 Å². The molecule has 2 N–H and O–H groups in total. The first kappa shape index (κ1) is 13.1. The Hall–Kier alpha value is -1.88. The number of nitrogen functional groups attached to an aromatic ring is 1. The summed E-state index contributed by atoms with van der Waals surface area (Å²) in [4.78, 5) is 15.5. The van der Waals surface area contributed by atoms with Crippen molar-refractivity contribution in [1.82, 2.24) is 4.90 Å². The largest absolute Gasteiger partial charge is 0.399 e. The van der Waals surface area contributed by atoms with Crippen molar-refractivity contribution in [3.63, 3.8) is 0 Å². The lowest BCUT2D eigenvalue weighted by atomic mass is 10.1. The van der Waals surface area contributed by atoms with Crippen molar-refractivity contribution in [2.75, 3.05) is 12.3 Å². The van der Waals surface area contributed by atoms with E-state index in [1.54, 1.807) is 16.2 Å². The minimum atomic E-state index is -0.513. The molecular formula is C15H15FN2OS. The number of anilines is 1. The number of benzene rings is 1. The quantitative estimate of drug-likeness (QED) is 0.861. The van der Waals surface area contributed by atoms with Gasteiger partial charge in [0.05, 0.1) is 11.6 Å². The molecule has 20 heavy (non-hydrogen) atoms. The molecule has 1 unspecified atom stereocenters. The third-order valence-electron chi connectivity index (χ3n) is 3.61. The van der Waals surface area contributed by atoms with Crippen molar-refractivity contribution >= 4 is 22.9 Å². The van der Waals surface area contributed by atoms with Crippen LogP contribution >= 0.6 is 11.3 Å². The highest BCUT2D eigenvalue weighted by atomic mass is 32.1. The lowest BCUT2D eigenvalue weighted by Gasteiger charge is -2.24. The molecule has 3 nitrogen and oxygen atoms in total. The van der Waals surface area contributed by atoms with Crippen molar-refractivity contribution in [2.24, 2.45) is 0 Å². The molecule has 104 valence electrons. The van der Waals surface area contributed by atoms with E-state index in [9.17, 15) is 9.18 Å². The Morgan fingerprint density at radius 2 is 2.25 bits per heavy atom. The number of hydrogen-bond donors (Lipinski definition) is 1. The van der Waals surface area contributed by atoms with Gasteiger partial charge in [0.1, 0.15) is 5.82 Å². The van der Waals surface area contributed by atoms with Gasteiger partial charge in [0.15, 0.2) is 0 Å². The van der Waals surface area contributed by atoms with Crippen LogP contribution in [0.15, 0.2) is 35.7 Å². The highest BCUT2D eigenvalue weighted by Crippen LogP contribution is 2.35. The van der Waals surface area contributed by atoms with E-state index in [1.165, 1.54) is 18.2 Å². The Morgan fingerprint density at radius 1 is 1.40 bits per heavy atom. The topological polar surface area (TPSA) is 46.3 Å². The standard InChI is InChI=1S/C15H15FN2OS/c16-12-6-5-10(17)9-11(12)15(19)18-7-1-3-13(18)14-4-2-8-20-14/h2,4-6,8-9,13H,1,3,7,17H2. The lowest BCUT2D eigenvalue weighted by Crippen LogP contribution is -2.30. The van der Waals surface area contributed by atoms with Gasteiger partial charge < -0.3 is 10.6 Å². The maximum Gasteiger partial charge on any atom is 0.257 e. The van der Waals surface area contributed by atoms with Crippen LogP contribution in [-0.2, 0) is 0 Å². The normalized spacial score (nSPS) is 18.4. The van der Waals surface area contributed by atoms with E-state index in [2.05, 4.69) is 0 Å². The van der Waals surface area contributed by atoms with Crippen molar-refractivity contribution in [1.29, 1.82) is 0 Å².